The molecule has 0 spiro atoms. The van der Waals surface area contributed by atoms with Crippen LogP contribution >= 0.6 is 0 Å². The van der Waals surface area contributed by atoms with Gasteiger partial charge in [-0.1, -0.05) is 43.5 Å². The Morgan fingerprint density at radius 3 is 2.56 bits per heavy atom. The SMILES string of the molecule is O=C1C(N(C(=O)CNC2CCOCC2)c2cccc(F)c2)c2ccccc2N1C1CCCCC1. The van der Waals surface area contributed by atoms with E-state index in [2.05, 4.69) is 5.32 Å². The molecule has 1 saturated carbocycles. The number of fused-ring (bicyclic) bond motifs is 1. The predicted molar refractivity (Wildman–Crippen MR) is 129 cm³/mol. The highest BCUT2D eigenvalue weighted by Crippen LogP contribution is 2.44. The van der Waals surface area contributed by atoms with Crippen LogP contribution in [0.15, 0.2) is 48.5 Å². The van der Waals surface area contributed by atoms with Gasteiger partial charge in [-0.15, -0.1) is 0 Å². The molecule has 1 atom stereocenters. The molecule has 1 aliphatic carbocycles. The van der Waals surface area contributed by atoms with Crippen molar-refractivity contribution < 1.29 is 18.7 Å². The molecule has 2 fully saturated rings. The maximum absolute atomic E-state index is 14.3. The van der Waals surface area contributed by atoms with Gasteiger partial charge in [0.25, 0.3) is 5.91 Å². The molecule has 2 aliphatic heterocycles. The summed E-state index contributed by atoms with van der Waals surface area (Å²) in [6, 6.07) is 13.2. The second-order valence-corrected chi connectivity index (χ2v) is 9.47. The monoisotopic (exact) mass is 465 g/mol. The van der Waals surface area contributed by atoms with Gasteiger partial charge < -0.3 is 15.0 Å². The smallest absolute Gasteiger partial charge is 0.255 e. The van der Waals surface area contributed by atoms with Gasteiger partial charge >= 0.3 is 0 Å². The van der Waals surface area contributed by atoms with Crippen molar-refractivity contribution in [2.45, 2.75) is 63.1 Å². The number of carbonyl (C=O) groups excluding carboxylic acids is 2. The lowest BCUT2D eigenvalue weighted by Crippen LogP contribution is -2.48. The van der Waals surface area contributed by atoms with Crippen LogP contribution in [0.2, 0.25) is 0 Å². The number of benzene rings is 2. The maximum Gasteiger partial charge on any atom is 0.255 e. The van der Waals surface area contributed by atoms with E-state index in [1.165, 1.54) is 23.5 Å². The molecule has 180 valence electrons. The Hall–Kier alpha value is -2.77. The van der Waals surface area contributed by atoms with Crippen molar-refractivity contribution in [2.24, 2.45) is 0 Å². The molecule has 1 unspecified atom stereocenters. The third-order valence-corrected chi connectivity index (χ3v) is 7.28. The summed E-state index contributed by atoms with van der Waals surface area (Å²) in [6.07, 6.45) is 7.00. The van der Waals surface area contributed by atoms with Crippen LogP contribution in [0.4, 0.5) is 15.8 Å². The van der Waals surface area contributed by atoms with Crippen LogP contribution in [0.3, 0.4) is 0 Å². The Kier molecular flexibility index (Phi) is 6.92. The molecule has 1 N–H and O–H groups in total. The minimum absolute atomic E-state index is 0.0799. The van der Waals surface area contributed by atoms with Gasteiger partial charge in [0, 0.05) is 42.2 Å². The number of hydrogen-bond donors (Lipinski definition) is 1. The highest BCUT2D eigenvalue weighted by atomic mass is 19.1. The van der Waals surface area contributed by atoms with E-state index in [0.29, 0.717) is 18.9 Å². The Bertz CT molecular complexity index is 1030. The van der Waals surface area contributed by atoms with E-state index >= 15 is 0 Å². The molecule has 5 rings (SSSR count). The second kappa shape index (κ2) is 10.2. The quantitative estimate of drug-likeness (QED) is 0.689. The Labute approximate surface area is 200 Å². The molecule has 0 aromatic heterocycles. The fourth-order valence-electron chi connectivity index (χ4n) is 5.57. The molecule has 3 aliphatic rings. The Morgan fingerprint density at radius 2 is 1.79 bits per heavy atom. The largest absolute Gasteiger partial charge is 0.381 e. The average Bonchev–Trinajstić information content (AvgIpc) is 3.16. The average molecular weight is 466 g/mol. The van der Waals surface area contributed by atoms with Crippen molar-refractivity contribution >= 4 is 23.2 Å². The van der Waals surface area contributed by atoms with Gasteiger partial charge in [0.15, 0.2) is 0 Å². The molecule has 0 radical (unpaired) electrons. The Morgan fingerprint density at radius 1 is 1.03 bits per heavy atom. The molecule has 2 aromatic rings. The molecule has 34 heavy (non-hydrogen) atoms. The summed E-state index contributed by atoms with van der Waals surface area (Å²) in [7, 11) is 0. The van der Waals surface area contributed by atoms with E-state index in [9.17, 15) is 14.0 Å². The van der Waals surface area contributed by atoms with Gasteiger partial charge in [0.2, 0.25) is 5.91 Å². The highest BCUT2D eigenvalue weighted by molar-refractivity contribution is 6.12. The first-order valence-electron chi connectivity index (χ1n) is 12.4. The molecule has 2 amide bonds. The van der Waals surface area contributed by atoms with Gasteiger partial charge in [-0.3, -0.25) is 14.5 Å². The highest BCUT2D eigenvalue weighted by Gasteiger charge is 2.45. The van der Waals surface area contributed by atoms with Gasteiger partial charge in [0.1, 0.15) is 11.9 Å². The van der Waals surface area contributed by atoms with Crippen LogP contribution in [0, 0.1) is 5.82 Å². The molecular formula is C27H32FN3O3. The summed E-state index contributed by atoms with van der Waals surface area (Å²) in [5.74, 6) is -0.775. The van der Waals surface area contributed by atoms with E-state index in [1.54, 1.807) is 12.1 Å². The Balaban J connectivity index is 1.48. The summed E-state index contributed by atoms with van der Waals surface area (Å²) >= 11 is 0. The standard InChI is InChI=1S/C27H32FN3O3/c28-19-7-6-10-22(17-19)31(25(32)18-29-20-13-15-34-16-14-20)26-23-11-4-5-12-24(23)30(27(26)33)21-8-2-1-3-9-21/h4-7,10-12,17,20-21,26,29H,1-3,8-9,13-16,18H2. The van der Waals surface area contributed by atoms with Crippen molar-refractivity contribution in [2.75, 3.05) is 29.6 Å². The molecule has 0 bridgehead atoms. The van der Waals surface area contributed by atoms with Crippen LogP contribution < -0.4 is 15.1 Å². The van der Waals surface area contributed by atoms with Crippen LogP contribution in [0.1, 0.15) is 56.6 Å². The fourth-order valence-corrected chi connectivity index (χ4v) is 5.57. The van der Waals surface area contributed by atoms with Crippen LogP contribution in [-0.4, -0.2) is 43.7 Å². The number of anilines is 2. The van der Waals surface area contributed by atoms with Crippen molar-refractivity contribution in [3.8, 4) is 0 Å². The minimum Gasteiger partial charge on any atom is -0.381 e. The summed E-state index contributed by atoms with van der Waals surface area (Å²) in [5, 5.41) is 3.33. The van der Waals surface area contributed by atoms with Gasteiger partial charge in [0.05, 0.1) is 6.54 Å². The first kappa shape index (κ1) is 23.0. The lowest BCUT2D eigenvalue weighted by Gasteiger charge is -2.33. The number of nitrogens with one attached hydrogen (secondary N) is 1. The number of amides is 2. The van der Waals surface area contributed by atoms with E-state index in [0.717, 1.165) is 49.8 Å². The van der Waals surface area contributed by atoms with E-state index in [4.69, 9.17) is 4.74 Å². The number of halogens is 1. The van der Waals surface area contributed by atoms with E-state index < -0.39 is 11.9 Å². The molecule has 7 heteroatoms. The molecule has 6 nitrogen and oxygen atoms in total. The first-order valence-corrected chi connectivity index (χ1v) is 12.4. The van der Waals surface area contributed by atoms with Crippen molar-refractivity contribution in [3.05, 3.63) is 59.9 Å². The van der Waals surface area contributed by atoms with Gasteiger partial charge in [-0.25, -0.2) is 4.39 Å². The number of para-hydroxylation sites is 1. The van der Waals surface area contributed by atoms with E-state index in [-0.39, 0.29) is 30.4 Å². The van der Waals surface area contributed by atoms with Gasteiger partial charge in [-0.2, -0.15) is 0 Å². The summed E-state index contributed by atoms with van der Waals surface area (Å²) in [5.41, 5.74) is 2.08. The van der Waals surface area contributed by atoms with Crippen molar-refractivity contribution in [1.82, 2.24) is 5.32 Å². The maximum atomic E-state index is 14.3. The molecular weight excluding hydrogens is 433 g/mol. The number of rotatable bonds is 6. The zero-order chi connectivity index (χ0) is 23.5. The minimum atomic E-state index is -0.802. The van der Waals surface area contributed by atoms with Gasteiger partial charge in [-0.05, 0) is 49.9 Å². The normalized spacial score (nSPS) is 21.5. The summed E-state index contributed by atoms with van der Waals surface area (Å²) < 4.78 is 19.7. The molecule has 1 saturated heterocycles. The number of nitrogens with zero attached hydrogens (tertiary/aromatic N) is 2. The zero-order valence-corrected chi connectivity index (χ0v) is 19.4. The van der Waals surface area contributed by atoms with Crippen LogP contribution in [0.5, 0.6) is 0 Å². The first-order chi connectivity index (χ1) is 16.6. The summed E-state index contributed by atoms with van der Waals surface area (Å²) in [6.45, 7) is 1.42. The second-order valence-electron chi connectivity index (χ2n) is 9.47. The van der Waals surface area contributed by atoms with Crippen LogP contribution in [0.25, 0.3) is 0 Å². The fraction of sp³-hybridized carbons (Fsp3) is 0.481. The third-order valence-electron chi connectivity index (χ3n) is 7.28. The third kappa shape index (κ3) is 4.59. The van der Waals surface area contributed by atoms with Crippen LogP contribution in [-0.2, 0) is 14.3 Å². The lowest BCUT2D eigenvalue weighted by molar-refractivity contribution is -0.124. The van der Waals surface area contributed by atoms with E-state index in [1.807, 2.05) is 29.2 Å². The summed E-state index contributed by atoms with van der Waals surface area (Å²) in [4.78, 5) is 31.0. The van der Waals surface area contributed by atoms with Crippen molar-refractivity contribution in [3.63, 3.8) is 0 Å². The number of ether oxygens (including phenoxy) is 1. The zero-order valence-electron chi connectivity index (χ0n) is 19.4. The topological polar surface area (TPSA) is 61.9 Å². The predicted octanol–water partition coefficient (Wildman–Crippen LogP) is 4.35. The number of hydrogen-bond acceptors (Lipinski definition) is 4. The molecule has 2 heterocycles. The molecule has 2 aromatic carbocycles. The lowest BCUT2D eigenvalue weighted by atomic mass is 9.94. The number of carbonyl (C=O) groups is 2. The van der Waals surface area contributed by atoms with Crippen molar-refractivity contribution in [1.29, 1.82) is 0 Å².